The van der Waals surface area contributed by atoms with Gasteiger partial charge in [-0.2, -0.15) is 4.98 Å². The van der Waals surface area contributed by atoms with E-state index in [1.807, 2.05) is 6.92 Å². The number of hydrogen-bond donors (Lipinski definition) is 2. The fraction of sp³-hybridized carbons (Fsp3) is 0.818. The number of rotatable bonds is 4. The van der Waals surface area contributed by atoms with Crippen LogP contribution >= 0.6 is 0 Å². The van der Waals surface area contributed by atoms with Gasteiger partial charge in [-0.3, -0.25) is 5.10 Å². The third-order valence-electron chi connectivity index (χ3n) is 3.50. The molecule has 2 heterocycles. The van der Waals surface area contributed by atoms with E-state index in [2.05, 4.69) is 32.3 Å². The molecule has 2 rings (SSSR count). The molecule has 1 aromatic heterocycles. The highest BCUT2D eigenvalue weighted by Crippen LogP contribution is 2.26. The molecule has 1 atom stereocenters. The highest BCUT2D eigenvalue weighted by atomic mass is 16.5. The lowest BCUT2D eigenvalue weighted by atomic mass is 10.0. The third-order valence-corrected chi connectivity index (χ3v) is 3.50. The van der Waals surface area contributed by atoms with Gasteiger partial charge in [-0.1, -0.05) is 6.92 Å². The monoisotopic (exact) mass is 239 g/mol. The van der Waals surface area contributed by atoms with Crippen molar-refractivity contribution in [1.29, 1.82) is 0 Å². The van der Waals surface area contributed by atoms with E-state index >= 15 is 0 Å². The minimum atomic E-state index is -0.376. The number of methoxy groups -OCH3 is 1. The Bertz CT molecular complexity index is 354. The van der Waals surface area contributed by atoms with Gasteiger partial charge in [0.15, 0.2) is 5.82 Å². The Morgan fingerprint density at radius 1 is 1.41 bits per heavy atom. The Kier molecular flexibility index (Phi) is 3.63. The summed E-state index contributed by atoms with van der Waals surface area (Å²) in [6.45, 7) is 7.98. The van der Waals surface area contributed by atoms with Gasteiger partial charge >= 0.3 is 0 Å². The number of ether oxygens (including phenoxy) is 1. The van der Waals surface area contributed by atoms with E-state index in [0.717, 1.165) is 44.4 Å². The number of aromatic amines is 1. The Balaban J connectivity index is 2.14. The second-order valence-electron chi connectivity index (χ2n) is 4.51. The number of piperazine rings is 1. The van der Waals surface area contributed by atoms with Crippen molar-refractivity contribution < 1.29 is 4.74 Å². The van der Waals surface area contributed by atoms with Crippen LogP contribution in [-0.2, 0) is 10.3 Å². The summed E-state index contributed by atoms with van der Waals surface area (Å²) in [6, 6.07) is 0. The van der Waals surface area contributed by atoms with Gasteiger partial charge in [0.25, 0.3) is 0 Å². The number of anilines is 1. The van der Waals surface area contributed by atoms with Crippen molar-refractivity contribution in [2.45, 2.75) is 25.9 Å². The molecular weight excluding hydrogens is 218 g/mol. The van der Waals surface area contributed by atoms with E-state index in [-0.39, 0.29) is 5.60 Å². The lowest BCUT2D eigenvalue weighted by molar-refractivity contribution is -0.00864. The topological polar surface area (TPSA) is 66.1 Å². The number of nitrogens with zero attached hydrogens (tertiary/aromatic N) is 3. The van der Waals surface area contributed by atoms with E-state index in [0.29, 0.717) is 0 Å². The van der Waals surface area contributed by atoms with Crippen LogP contribution in [0.3, 0.4) is 0 Å². The molecule has 1 fully saturated rings. The van der Waals surface area contributed by atoms with Gasteiger partial charge < -0.3 is 15.0 Å². The minimum absolute atomic E-state index is 0.376. The molecule has 6 heteroatoms. The molecule has 0 aliphatic carbocycles. The number of aromatic nitrogens is 3. The van der Waals surface area contributed by atoms with Crippen molar-refractivity contribution >= 4 is 5.95 Å². The van der Waals surface area contributed by atoms with Crippen LogP contribution in [0.1, 0.15) is 26.1 Å². The Morgan fingerprint density at radius 2 is 2.12 bits per heavy atom. The van der Waals surface area contributed by atoms with Gasteiger partial charge in [0.2, 0.25) is 5.95 Å². The average Bonchev–Trinajstić information content (AvgIpc) is 2.89. The molecule has 1 aliphatic rings. The van der Waals surface area contributed by atoms with Crippen molar-refractivity contribution in [3.63, 3.8) is 0 Å². The Morgan fingerprint density at radius 3 is 2.71 bits per heavy atom. The summed E-state index contributed by atoms with van der Waals surface area (Å²) < 4.78 is 5.51. The molecule has 1 aromatic rings. The number of nitrogens with one attached hydrogen (secondary N) is 2. The maximum atomic E-state index is 5.51. The van der Waals surface area contributed by atoms with E-state index in [1.165, 1.54) is 0 Å². The third kappa shape index (κ3) is 2.42. The van der Waals surface area contributed by atoms with Gasteiger partial charge in [-0.05, 0) is 13.3 Å². The molecule has 1 aliphatic heterocycles. The van der Waals surface area contributed by atoms with Gasteiger partial charge in [0.05, 0.1) is 0 Å². The summed E-state index contributed by atoms with van der Waals surface area (Å²) in [4.78, 5) is 6.74. The Labute approximate surface area is 102 Å². The molecule has 1 unspecified atom stereocenters. The van der Waals surface area contributed by atoms with Gasteiger partial charge in [-0.25, -0.2) is 0 Å². The summed E-state index contributed by atoms with van der Waals surface area (Å²) in [6.07, 6.45) is 0.861. The zero-order valence-corrected chi connectivity index (χ0v) is 10.8. The summed E-state index contributed by atoms with van der Waals surface area (Å²) in [5, 5.41) is 10.6. The first-order valence-corrected chi connectivity index (χ1v) is 6.13. The average molecular weight is 239 g/mol. The lowest BCUT2D eigenvalue weighted by Gasteiger charge is -2.26. The quantitative estimate of drug-likeness (QED) is 0.800. The van der Waals surface area contributed by atoms with Gasteiger partial charge in [-0.15, -0.1) is 5.10 Å². The number of hydrogen-bond acceptors (Lipinski definition) is 5. The van der Waals surface area contributed by atoms with Crippen molar-refractivity contribution in [2.24, 2.45) is 0 Å². The zero-order chi connectivity index (χ0) is 12.3. The van der Waals surface area contributed by atoms with Crippen LogP contribution < -0.4 is 10.2 Å². The zero-order valence-electron chi connectivity index (χ0n) is 10.8. The molecule has 96 valence electrons. The second-order valence-corrected chi connectivity index (χ2v) is 4.51. The molecule has 0 bridgehead atoms. The molecule has 6 nitrogen and oxygen atoms in total. The SMILES string of the molecule is CCC(C)(OC)c1nc(N2CCNCC2)n[nH]1. The summed E-state index contributed by atoms with van der Waals surface area (Å²) in [5.41, 5.74) is -0.376. The summed E-state index contributed by atoms with van der Waals surface area (Å²) >= 11 is 0. The Hall–Kier alpha value is -1.14. The van der Waals surface area contributed by atoms with E-state index < -0.39 is 0 Å². The largest absolute Gasteiger partial charge is 0.371 e. The van der Waals surface area contributed by atoms with Gasteiger partial charge in [0.1, 0.15) is 5.60 Å². The maximum absolute atomic E-state index is 5.51. The van der Waals surface area contributed by atoms with Crippen LogP contribution in [0.5, 0.6) is 0 Å². The fourth-order valence-corrected chi connectivity index (χ4v) is 1.90. The minimum Gasteiger partial charge on any atom is -0.371 e. The molecule has 17 heavy (non-hydrogen) atoms. The summed E-state index contributed by atoms with van der Waals surface area (Å²) in [5.74, 6) is 1.58. The molecular formula is C11H21N5O. The maximum Gasteiger partial charge on any atom is 0.244 e. The molecule has 0 amide bonds. The first-order valence-electron chi connectivity index (χ1n) is 6.13. The van der Waals surface area contributed by atoms with Crippen LogP contribution in [0.15, 0.2) is 0 Å². The fourth-order valence-electron chi connectivity index (χ4n) is 1.90. The van der Waals surface area contributed by atoms with Crippen LogP contribution in [0.4, 0.5) is 5.95 Å². The normalized spacial score (nSPS) is 20.3. The predicted octanol–water partition coefficient (Wildman–Crippen LogP) is 0.486. The van der Waals surface area contributed by atoms with Gasteiger partial charge in [0, 0.05) is 33.3 Å². The molecule has 1 saturated heterocycles. The molecule has 2 N–H and O–H groups in total. The standard InChI is InChI=1S/C11H21N5O/c1-4-11(2,17-3)9-13-10(15-14-9)16-7-5-12-6-8-16/h12H,4-8H2,1-3H3,(H,13,14,15). The van der Waals surface area contributed by atoms with Crippen LogP contribution in [0, 0.1) is 0 Å². The van der Waals surface area contributed by atoms with E-state index in [4.69, 9.17) is 4.74 Å². The predicted molar refractivity (Wildman–Crippen MR) is 66.1 cm³/mol. The van der Waals surface area contributed by atoms with Crippen molar-refractivity contribution in [1.82, 2.24) is 20.5 Å². The van der Waals surface area contributed by atoms with Crippen LogP contribution in [0.2, 0.25) is 0 Å². The smallest absolute Gasteiger partial charge is 0.244 e. The molecule has 0 aromatic carbocycles. The van der Waals surface area contributed by atoms with Crippen LogP contribution in [0.25, 0.3) is 0 Å². The molecule has 0 saturated carbocycles. The van der Waals surface area contributed by atoms with E-state index in [9.17, 15) is 0 Å². The molecule has 0 spiro atoms. The first kappa shape index (κ1) is 12.3. The van der Waals surface area contributed by atoms with Crippen molar-refractivity contribution in [3.8, 4) is 0 Å². The highest BCUT2D eigenvalue weighted by Gasteiger charge is 2.29. The van der Waals surface area contributed by atoms with E-state index in [1.54, 1.807) is 7.11 Å². The lowest BCUT2D eigenvalue weighted by Crippen LogP contribution is -2.44. The van der Waals surface area contributed by atoms with Crippen molar-refractivity contribution in [3.05, 3.63) is 5.82 Å². The summed E-state index contributed by atoms with van der Waals surface area (Å²) in [7, 11) is 1.70. The second kappa shape index (κ2) is 5.01. The highest BCUT2D eigenvalue weighted by molar-refractivity contribution is 5.30. The van der Waals surface area contributed by atoms with Crippen LogP contribution in [-0.4, -0.2) is 48.5 Å². The molecule has 0 radical (unpaired) electrons. The number of H-pyrrole nitrogens is 1. The first-order chi connectivity index (χ1) is 8.19. The van der Waals surface area contributed by atoms with Crippen molar-refractivity contribution in [2.75, 3.05) is 38.2 Å².